The van der Waals surface area contributed by atoms with Gasteiger partial charge in [-0.25, -0.2) is 12.7 Å². The summed E-state index contributed by atoms with van der Waals surface area (Å²) in [5.41, 5.74) is 0.761. The Balaban J connectivity index is 1.55. The summed E-state index contributed by atoms with van der Waals surface area (Å²) in [7, 11) is -4.04. The van der Waals surface area contributed by atoms with Gasteiger partial charge in [-0.05, 0) is 49.1 Å². The fraction of sp³-hybridized carbons (Fsp3) is 0.423. The molecular formula is C26H29Cl2N3O5S. The molecule has 198 valence electrons. The summed E-state index contributed by atoms with van der Waals surface area (Å²) < 4.78 is 26.6. The van der Waals surface area contributed by atoms with Crippen molar-refractivity contribution in [2.75, 3.05) is 6.54 Å². The number of nitrogens with one attached hydrogen (secondary N) is 1. The summed E-state index contributed by atoms with van der Waals surface area (Å²) in [6.07, 6.45) is 3.99. The highest BCUT2D eigenvalue weighted by Crippen LogP contribution is 2.30. The van der Waals surface area contributed by atoms with Crippen molar-refractivity contribution in [3.05, 3.63) is 63.6 Å². The summed E-state index contributed by atoms with van der Waals surface area (Å²) in [5.74, 6) is -1.36. The Bertz CT molecular complexity index is 1310. The predicted molar refractivity (Wildman–Crippen MR) is 141 cm³/mol. The molecule has 1 aliphatic carbocycles. The van der Waals surface area contributed by atoms with Crippen molar-refractivity contribution in [3.8, 4) is 0 Å². The molecule has 1 saturated carbocycles. The van der Waals surface area contributed by atoms with Crippen LogP contribution in [0.5, 0.6) is 0 Å². The Morgan fingerprint density at radius 3 is 2.46 bits per heavy atom. The topological polar surface area (TPSA) is 104 Å². The van der Waals surface area contributed by atoms with E-state index >= 15 is 0 Å². The smallest absolute Gasteiger partial charge is 0.269 e. The highest BCUT2D eigenvalue weighted by Gasteiger charge is 2.41. The Hall–Kier alpha value is -2.62. The standard InChI is InChI=1S/C26H29Cl2N3O5S/c1-2-22(25(33)29-18-7-3-4-8-18)30(16-17-11-12-20(27)21(28)15-17)24(32)13-14-31-26(34)19-9-5-6-10-23(19)37(31,35)36/h5-6,9-12,15,18,22H,2-4,7-8,13-14,16H2,1H3,(H,29,33)/t22-/m1/s1. The number of hydrogen-bond donors (Lipinski definition) is 1. The SMILES string of the molecule is CC[C@H](C(=O)NC1CCCC1)N(Cc1ccc(Cl)c(Cl)c1)C(=O)CCN1C(=O)c2ccccc2S1(=O)=O. The molecule has 0 unspecified atom stereocenters. The van der Waals surface area contributed by atoms with Crippen molar-refractivity contribution in [2.24, 2.45) is 0 Å². The highest BCUT2D eigenvalue weighted by atomic mass is 35.5. The van der Waals surface area contributed by atoms with E-state index in [2.05, 4.69) is 5.32 Å². The number of sulfonamides is 1. The van der Waals surface area contributed by atoms with Crippen molar-refractivity contribution >= 4 is 50.9 Å². The lowest BCUT2D eigenvalue weighted by Crippen LogP contribution is -2.51. The zero-order chi connectivity index (χ0) is 26.7. The second kappa shape index (κ2) is 11.4. The zero-order valence-electron chi connectivity index (χ0n) is 20.5. The van der Waals surface area contributed by atoms with E-state index in [9.17, 15) is 22.8 Å². The molecule has 0 spiro atoms. The number of carbonyl (C=O) groups excluding carboxylic acids is 3. The molecule has 11 heteroatoms. The number of nitrogens with zero attached hydrogens (tertiary/aromatic N) is 2. The van der Waals surface area contributed by atoms with Gasteiger partial charge in [-0.2, -0.15) is 0 Å². The van der Waals surface area contributed by atoms with Crippen LogP contribution in [0, 0.1) is 0 Å². The lowest BCUT2D eigenvalue weighted by molar-refractivity contribution is -0.141. The van der Waals surface area contributed by atoms with Crippen molar-refractivity contribution in [1.82, 2.24) is 14.5 Å². The molecule has 2 aliphatic rings. The van der Waals surface area contributed by atoms with Crippen molar-refractivity contribution in [1.29, 1.82) is 0 Å². The van der Waals surface area contributed by atoms with Crippen LogP contribution in [-0.2, 0) is 26.2 Å². The Morgan fingerprint density at radius 1 is 1.11 bits per heavy atom. The molecule has 1 atom stereocenters. The van der Waals surface area contributed by atoms with Crippen LogP contribution in [0.25, 0.3) is 0 Å². The molecule has 0 saturated heterocycles. The Kier molecular flexibility index (Phi) is 8.46. The molecule has 8 nitrogen and oxygen atoms in total. The maximum Gasteiger partial charge on any atom is 0.269 e. The van der Waals surface area contributed by atoms with Crippen LogP contribution in [0.2, 0.25) is 10.0 Å². The summed E-state index contributed by atoms with van der Waals surface area (Å²) in [4.78, 5) is 40.9. The fourth-order valence-electron chi connectivity index (χ4n) is 4.91. The summed E-state index contributed by atoms with van der Waals surface area (Å²) in [6, 6.07) is 10.3. The number of rotatable bonds is 9. The maximum absolute atomic E-state index is 13.5. The van der Waals surface area contributed by atoms with Crippen LogP contribution < -0.4 is 5.32 Å². The third-order valence-corrected chi connectivity index (χ3v) is 9.44. The summed E-state index contributed by atoms with van der Waals surface area (Å²) >= 11 is 12.2. The first-order chi connectivity index (χ1) is 17.6. The van der Waals surface area contributed by atoms with Crippen LogP contribution in [0.4, 0.5) is 0 Å². The molecule has 0 aromatic heterocycles. The molecule has 2 aromatic rings. The van der Waals surface area contributed by atoms with E-state index in [4.69, 9.17) is 23.2 Å². The van der Waals surface area contributed by atoms with Gasteiger partial charge in [0.1, 0.15) is 10.9 Å². The molecule has 4 rings (SSSR count). The minimum Gasteiger partial charge on any atom is -0.352 e. The zero-order valence-corrected chi connectivity index (χ0v) is 22.8. The fourth-order valence-corrected chi connectivity index (χ4v) is 6.80. The first kappa shape index (κ1) is 27.4. The summed E-state index contributed by atoms with van der Waals surface area (Å²) in [5, 5.41) is 3.75. The molecule has 1 aliphatic heterocycles. The third-order valence-electron chi connectivity index (χ3n) is 6.87. The van der Waals surface area contributed by atoms with Gasteiger partial charge >= 0.3 is 0 Å². The molecular weight excluding hydrogens is 537 g/mol. The second-order valence-electron chi connectivity index (χ2n) is 9.31. The molecule has 2 aromatic carbocycles. The number of benzene rings is 2. The molecule has 1 heterocycles. The van der Waals surface area contributed by atoms with Gasteiger partial charge in [-0.1, -0.05) is 61.2 Å². The van der Waals surface area contributed by atoms with Gasteiger partial charge in [0.05, 0.1) is 15.6 Å². The maximum atomic E-state index is 13.5. The number of carbonyl (C=O) groups is 3. The molecule has 1 N–H and O–H groups in total. The lowest BCUT2D eigenvalue weighted by Gasteiger charge is -2.32. The Morgan fingerprint density at radius 2 is 1.81 bits per heavy atom. The van der Waals surface area contributed by atoms with E-state index in [1.54, 1.807) is 30.3 Å². The number of fused-ring (bicyclic) bond motifs is 1. The van der Waals surface area contributed by atoms with Crippen molar-refractivity contribution in [3.63, 3.8) is 0 Å². The third kappa shape index (κ3) is 5.78. The van der Waals surface area contributed by atoms with Gasteiger partial charge in [-0.3, -0.25) is 14.4 Å². The average molecular weight is 567 g/mol. The largest absolute Gasteiger partial charge is 0.352 e. The number of hydrogen-bond acceptors (Lipinski definition) is 5. The van der Waals surface area contributed by atoms with E-state index in [-0.39, 0.29) is 41.9 Å². The van der Waals surface area contributed by atoms with Gasteiger partial charge in [0.25, 0.3) is 15.9 Å². The van der Waals surface area contributed by atoms with Crippen LogP contribution in [0.3, 0.4) is 0 Å². The van der Waals surface area contributed by atoms with Crippen LogP contribution in [0.15, 0.2) is 47.4 Å². The monoisotopic (exact) mass is 565 g/mol. The van der Waals surface area contributed by atoms with E-state index in [1.165, 1.54) is 17.0 Å². The minimum absolute atomic E-state index is 0.0671. The molecule has 3 amide bonds. The van der Waals surface area contributed by atoms with Gasteiger partial charge in [0.2, 0.25) is 11.8 Å². The normalized spacial score (nSPS) is 17.5. The Labute approximate surface area is 227 Å². The first-order valence-corrected chi connectivity index (χ1v) is 14.5. The highest BCUT2D eigenvalue weighted by molar-refractivity contribution is 7.90. The van der Waals surface area contributed by atoms with Crippen LogP contribution >= 0.6 is 23.2 Å². The average Bonchev–Trinajstić information content (AvgIpc) is 3.44. The van der Waals surface area contributed by atoms with Crippen LogP contribution in [0.1, 0.15) is 61.4 Å². The predicted octanol–water partition coefficient (Wildman–Crippen LogP) is 4.39. The van der Waals surface area contributed by atoms with Crippen molar-refractivity contribution < 1.29 is 22.8 Å². The molecule has 37 heavy (non-hydrogen) atoms. The van der Waals surface area contributed by atoms with Gasteiger partial charge in [0, 0.05) is 25.6 Å². The number of halogens is 2. The van der Waals surface area contributed by atoms with Gasteiger partial charge in [0.15, 0.2) is 0 Å². The lowest BCUT2D eigenvalue weighted by atomic mass is 10.1. The van der Waals surface area contributed by atoms with Gasteiger partial charge < -0.3 is 10.2 Å². The van der Waals surface area contributed by atoms with E-state index in [0.717, 1.165) is 30.0 Å². The minimum atomic E-state index is -4.04. The van der Waals surface area contributed by atoms with E-state index in [1.807, 2.05) is 6.92 Å². The quantitative estimate of drug-likeness (QED) is 0.485. The van der Waals surface area contributed by atoms with Crippen LogP contribution in [-0.4, -0.2) is 54.0 Å². The first-order valence-electron chi connectivity index (χ1n) is 12.3. The van der Waals surface area contributed by atoms with E-state index in [0.29, 0.717) is 22.0 Å². The summed E-state index contributed by atoms with van der Waals surface area (Å²) in [6.45, 7) is 1.57. The molecule has 1 fully saturated rings. The van der Waals surface area contributed by atoms with Crippen molar-refractivity contribution in [2.45, 2.75) is 69.0 Å². The van der Waals surface area contributed by atoms with Gasteiger partial charge in [-0.15, -0.1) is 0 Å². The van der Waals surface area contributed by atoms with E-state index < -0.39 is 27.9 Å². The molecule has 0 bridgehead atoms. The second-order valence-corrected chi connectivity index (χ2v) is 12.0. The number of amides is 3. The molecule has 0 radical (unpaired) electrons.